The average molecular weight is 275 g/mol. The summed E-state index contributed by atoms with van der Waals surface area (Å²) in [5.41, 5.74) is 0. The second-order valence-corrected chi connectivity index (χ2v) is 8.94. The van der Waals surface area contributed by atoms with Crippen LogP contribution in [0.4, 0.5) is 0 Å². The molecule has 1 N–H and O–H groups in total. The molecule has 0 heterocycles. The van der Waals surface area contributed by atoms with Crippen molar-refractivity contribution in [2.24, 2.45) is 5.92 Å². The highest BCUT2D eigenvalue weighted by atomic mass is 32.2. The summed E-state index contributed by atoms with van der Waals surface area (Å²) in [4.78, 5) is 0. The molecule has 0 aliphatic heterocycles. The lowest BCUT2D eigenvalue weighted by Gasteiger charge is -2.18. The monoisotopic (exact) mass is 275 g/mol. The Morgan fingerprint density at radius 1 is 1.11 bits per heavy atom. The first kappa shape index (κ1) is 17.6. The zero-order valence-corrected chi connectivity index (χ0v) is 13.3. The van der Waals surface area contributed by atoms with Gasteiger partial charge in [0.1, 0.15) is 0 Å². The van der Waals surface area contributed by atoms with Gasteiger partial charge in [-0.05, 0) is 52.6 Å². The molecule has 0 saturated heterocycles. The van der Waals surface area contributed by atoms with Crippen molar-refractivity contribution in [2.75, 3.05) is 18.8 Å². The van der Waals surface area contributed by atoms with Crippen LogP contribution in [0.2, 0.25) is 0 Å². The van der Waals surface area contributed by atoms with E-state index in [9.17, 15) is 8.42 Å². The Morgan fingerprint density at radius 2 is 1.67 bits per heavy atom. The molecule has 18 heavy (non-hydrogen) atoms. The average Bonchev–Trinajstić information content (AvgIpc) is 2.19. The first-order valence-electron chi connectivity index (χ1n) is 6.75. The quantitative estimate of drug-likeness (QED) is 0.547. The van der Waals surface area contributed by atoms with Crippen molar-refractivity contribution in [3.63, 3.8) is 0 Å². The van der Waals surface area contributed by atoms with Gasteiger partial charge in [-0.15, -0.1) is 0 Å². The smallest absolute Gasteiger partial charge is 0.155 e. The first-order valence-corrected chi connectivity index (χ1v) is 8.40. The largest absolute Gasteiger partial charge is 0.316 e. The summed E-state index contributed by atoms with van der Waals surface area (Å²) >= 11 is 0. The standard InChI is InChI=1S/C14H29NO2S/c1-13(2)12-15-10-8-6-7-9-11-18(16,17)14(3,4)5/h6-7,13,15H,8-12H2,1-5H3/b7-6+. The van der Waals surface area contributed by atoms with Crippen molar-refractivity contribution in [1.82, 2.24) is 5.32 Å². The molecule has 0 fully saturated rings. The number of allylic oxidation sites excluding steroid dienone is 1. The molecule has 0 aliphatic carbocycles. The van der Waals surface area contributed by atoms with E-state index in [-0.39, 0.29) is 5.75 Å². The molecule has 0 radical (unpaired) electrons. The molecule has 108 valence electrons. The van der Waals surface area contributed by atoms with E-state index in [1.165, 1.54) is 0 Å². The highest BCUT2D eigenvalue weighted by molar-refractivity contribution is 7.92. The maximum atomic E-state index is 11.8. The van der Waals surface area contributed by atoms with Gasteiger partial charge in [-0.25, -0.2) is 8.42 Å². The van der Waals surface area contributed by atoms with Gasteiger partial charge in [-0.3, -0.25) is 0 Å². The van der Waals surface area contributed by atoms with Gasteiger partial charge in [0, 0.05) is 0 Å². The van der Waals surface area contributed by atoms with Gasteiger partial charge in [-0.1, -0.05) is 26.0 Å². The van der Waals surface area contributed by atoms with E-state index < -0.39 is 14.6 Å². The van der Waals surface area contributed by atoms with Gasteiger partial charge in [0.05, 0.1) is 10.5 Å². The van der Waals surface area contributed by atoms with E-state index in [4.69, 9.17) is 0 Å². The highest BCUT2D eigenvalue weighted by Gasteiger charge is 2.27. The van der Waals surface area contributed by atoms with Gasteiger partial charge < -0.3 is 5.32 Å². The third-order valence-electron chi connectivity index (χ3n) is 2.69. The summed E-state index contributed by atoms with van der Waals surface area (Å²) in [7, 11) is -2.97. The second-order valence-electron chi connectivity index (χ2n) is 6.08. The van der Waals surface area contributed by atoms with Crippen LogP contribution in [-0.2, 0) is 9.84 Å². The molecular weight excluding hydrogens is 246 g/mol. The molecule has 0 unspecified atom stereocenters. The summed E-state index contributed by atoms with van der Waals surface area (Å²) < 4.78 is 23.0. The van der Waals surface area contributed by atoms with Crippen LogP contribution in [0.15, 0.2) is 12.2 Å². The molecular formula is C14H29NO2S. The molecule has 0 amide bonds. The van der Waals surface area contributed by atoms with Crippen molar-refractivity contribution in [3.05, 3.63) is 12.2 Å². The van der Waals surface area contributed by atoms with E-state index in [2.05, 4.69) is 25.2 Å². The molecule has 0 aliphatic rings. The SMILES string of the molecule is CC(C)CNCC/C=C/CCS(=O)(=O)C(C)(C)C. The first-order chi connectivity index (χ1) is 8.17. The summed E-state index contributed by atoms with van der Waals surface area (Å²) in [6.07, 6.45) is 5.61. The van der Waals surface area contributed by atoms with Gasteiger partial charge in [0.2, 0.25) is 0 Å². The fourth-order valence-electron chi connectivity index (χ4n) is 1.34. The molecule has 3 nitrogen and oxygen atoms in total. The molecule has 4 heteroatoms. The summed E-state index contributed by atoms with van der Waals surface area (Å²) in [6.45, 7) is 11.6. The lowest BCUT2D eigenvalue weighted by Crippen LogP contribution is -2.30. The number of hydrogen-bond donors (Lipinski definition) is 1. The maximum Gasteiger partial charge on any atom is 0.155 e. The summed E-state index contributed by atoms with van der Waals surface area (Å²) in [5, 5.41) is 3.35. The Balaban J connectivity index is 3.73. The lowest BCUT2D eigenvalue weighted by atomic mass is 10.2. The number of nitrogens with one attached hydrogen (secondary N) is 1. The third-order valence-corrected chi connectivity index (χ3v) is 5.33. The van der Waals surface area contributed by atoms with Gasteiger partial charge in [0.15, 0.2) is 9.84 Å². The van der Waals surface area contributed by atoms with E-state index in [1.54, 1.807) is 20.8 Å². The molecule has 0 aromatic rings. The van der Waals surface area contributed by atoms with Crippen LogP contribution in [0.25, 0.3) is 0 Å². The van der Waals surface area contributed by atoms with Gasteiger partial charge >= 0.3 is 0 Å². The Labute approximate surface area is 113 Å². The minimum absolute atomic E-state index is 0.242. The van der Waals surface area contributed by atoms with Crippen LogP contribution in [0.5, 0.6) is 0 Å². The molecule has 0 aromatic heterocycles. The van der Waals surface area contributed by atoms with Crippen LogP contribution < -0.4 is 5.32 Å². The zero-order chi connectivity index (χ0) is 14.2. The predicted molar refractivity (Wildman–Crippen MR) is 79.6 cm³/mol. The van der Waals surface area contributed by atoms with Crippen molar-refractivity contribution in [2.45, 2.75) is 52.2 Å². The van der Waals surface area contributed by atoms with Gasteiger partial charge in [-0.2, -0.15) is 0 Å². The molecule has 0 bridgehead atoms. The fraction of sp³-hybridized carbons (Fsp3) is 0.857. The Hall–Kier alpha value is -0.350. The Morgan fingerprint density at radius 3 is 2.17 bits per heavy atom. The molecule has 0 aromatic carbocycles. The number of rotatable bonds is 8. The van der Waals surface area contributed by atoms with Crippen molar-refractivity contribution >= 4 is 9.84 Å². The van der Waals surface area contributed by atoms with Crippen LogP contribution in [0.3, 0.4) is 0 Å². The Bertz CT molecular complexity index is 337. The summed E-state index contributed by atoms with van der Waals surface area (Å²) in [6, 6.07) is 0. The lowest BCUT2D eigenvalue weighted by molar-refractivity contribution is 0.556. The maximum absolute atomic E-state index is 11.8. The Kier molecular flexibility index (Phi) is 7.79. The summed E-state index contributed by atoms with van der Waals surface area (Å²) in [5.74, 6) is 0.915. The van der Waals surface area contributed by atoms with E-state index in [1.807, 2.05) is 6.08 Å². The highest BCUT2D eigenvalue weighted by Crippen LogP contribution is 2.16. The van der Waals surface area contributed by atoms with Crippen LogP contribution in [-0.4, -0.2) is 32.0 Å². The third kappa shape index (κ3) is 7.88. The zero-order valence-electron chi connectivity index (χ0n) is 12.5. The van der Waals surface area contributed by atoms with E-state index in [0.717, 1.165) is 19.5 Å². The number of hydrogen-bond acceptors (Lipinski definition) is 3. The second kappa shape index (κ2) is 7.95. The number of sulfone groups is 1. The minimum atomic E-state index is -2.97. The van der Waals surface area contributed by atoms with Crippen molar-refractivity contribution < 1.29 is 8.42 Å². The van der Waals surface area contributed by atoms with Crippen molar-refractivity contribution in [1.29, 1.82) is 0 Å². The van der Waals surface area contributed by atoms with Crippen LogP contribution in [0.1, 0.15) is 47.5 Å². The van der Waals surface area contributed by atoms with Crippen molar-refractivity contribution in [3.8, 4) is 0 Å². The normalized spacial score (nSPS) is 13.7. The van der Waals surface area contributed by atoms with Crippen LogP contribution >= 0.6 is 0 Å². The van der Waals surface area contributed by atoms with E-state index in [0.29, 0.717) is 12.3 Å². The van der Waals surface area contributed by atoms with E-state index >= 15 is 0 Å². The molecule has 0 rings (SSSR count). The molecule has 0 atom stereocenters. The molecule has 0 saturated carbocycles. The van der Waals surface area contributed by atoms with Gasteiger partial charge in [0.25, 0.3) is 0 Å². The van der Waals surface area contributed by atoms with Crippen LogP contribution in [0, 0.1) is 5.92 Å². The topological polar surface area (TPSA) is 46.2 Å². The fourth-order valence-corrected chi connectivity index (χ4v) is 2.40. The molecule has 0 spiro atoms. The minimum Gasteiger partial charge on any atom is -0.316 e. The predicted octanol–water partition coefficient (Wildman–Crippen LogP) is 2.78.